The van der Waals surface area contributed by atoms with Crippen LogP contribution in [0.5, 0.6) is 0 Å². The lowest BCUT2D eigenvalue weighted by atomic mass is 10.2. The number of hydrogen-bond acceptors (Lipinski definition) is 4. The van der Waals surface area contributed by atoms with Crippen LogP contribution in [0.25, 0.3) is 0 Å². The molecule has 0 saturated carbocycles. The molecule has 1 aromatic heterocycles. The normalized spacial score (nSPS) is 10.3. The smallest absolute Gasteiger partial charge is 0.259 e. The van der Waals surface area contributed by atoms with Crippen molar-refractivity contribution in [2.24, 2.45) is 0 Å². The highest BCUT2D eigenvalue weighted by molar-refractivity contribution is 9.10. The number of rotatable bonds is 2. The van der Waals surface area contributed by atoms with E-state index in [4.69, 9.17) is 11.6 Å². The maximum atomic E-state index is 12.1. The lowest BCUT2D eigenvalue weighted by molar-refractivity contribution is 0.102. The van der Waals surface area contributed by atoms with Gasteiger partial charge in [-0.25, -0.2) is 4.98 Å². The van der Waals surface area contributed by atoms with E-state index in [1.165, 1.54) is 0 Å². The number of nitrogens with zero attached hydrogens (tertiary/aromatic N) is 3. The molecule has 1 amide bonds. The molecule has 2 aromatic rings. The zero-order chi connectivity index (χ0) is 14.0. The Hall–Kier alpha value is -1.53. The summed E-state index contributed by atoms with van der Waals surface area (Å²) >= 11 is 9.11. The second-order valence-corrected chi connectivity index (χ2v) is 5.18. The Morgan fingerprint density at radius 2 is 2.00 bits per heavy atom. The third-order valence-corrected chi connectivity index (χ3v) is 3.38. The fourth-order valence-electron chi connectivity index (χ4n) is 1.35. The number of anilines is 1. The van der Waals surface area contributed by atoms with E-state index in [1.807, 2.05) is 0 Å². The van der Waals surface area contributed by atoms with E-state index >= 15 is 0 Å². The highest BCUT2D eigenvalue weighted by atomic mass is 79.9. The van der Waals surface area contributed by atoms with Gasteiger partial charge in [-0.05, 0) is 48.0 Å². The second kappa shape index (κ2) is 5.63. The highest BCUT2D eigenvalue weighted by Gasteiger charge is 2.12. The SMILES string of the molecule is Cc1nnc(NC(=O)c2ccc(Cl)cc2Br)nc1C. The average molecular weight is 342 g/mol. The first kappa shape index (κ1) is 13.9. The highest BCUT2D eigenvalue weighted by Crippen LogP contribution is 2.22. The average Bonchev–Trinajstić information content (AvgIpc) is 2.33. The van der Waals surface area contributed by atoms with Crippen LogP contribution in [0, 0.1) is 13.8 Å². The third kappa shape index (κ3) is 3.27. The van der Waals surface area contributed by atoms with Crippen LogP contribution in [-0.2, 0) is 0 Å². The second-order valence-electron chi connectivity index (χ2n) is 3.88. The van der Waals surface area contributed by atoms with Crippen molar-refractivity contribution in [2.45, 2.75) is 13.8 Å². The zero-order valence-corrected chi connectivity index (χ0v) is 12.6. The standard InChI is InChI=1S/C12H10BrClN4O/c1-6-7(2)17-18-12(15-6)16-11(19)9-4-3-8(14)5-10(9)13/h3-5H,1-2H3,(H,15,16,18,19). The molecule has 0 radical (unpaired) electrons. The van der Waals surface area contributed by atoms with Gasteiger partial charge < -0.3 is 0 Å². The molecule has 0 fully saturated rings. The van der Waals surface area contributed by atoms with Crippen LogP contribution in [0.3, 0.4) is 0 Å². The van der Waals surface area contributed by atoms with Gasteiger partial charge >= 0.3 is 0 Å². The summed E-state index contributed by atoms with van der Waals surface area (Å²) in [6, 6.07) is 4.91. The molecule has 0 saturated heterocycles. The van der Waals surface area contributed by atoms with Crippen molar-refractivity contribution in [3.63, 3.8) is 0 Å². The summed E-state index contributed by atoms with van der Waals surface area (Å²) in [6.07, 6.45) is 0. The molecule has 0 aliphatic heterocycles. The summed E-state index contributed by atoms with van der Waals surface area (Å²) in [5, 5.41) is 10.9. The number of carbonyl (C=O) groups excluding carboxylic acids is 1. The molecule has 0 spiro atoms. The van der Waals surface area contributed by atoms with Gasteiger partial charge in [-0.2, -0.15) is 5.10 Å². The molecule has 0 bridgehead atoms. The summed E-state index contributed by atoms with van der Waals surface area (Å²) in [4.78, 5) is 16.2. The van der Waals surface area contributed by atoms with Gasteiger partial charge in [0.1, 0.15) is 0 Å². The first-order chi connectivity index (χ1) is 8.97. The van der Waals surface area contributed by atoms with Gasteiger partial charge in [0.2, 0.25) is 5.95 Å². The van der Waals surface area contributed by atoms with Crippen LogP contribution in [0.4, 0.5) is 5.95 Å². The van der Waals surface area contributed by atoms with Crippen molar-refractivity contribution in [3.05, 3.63) is 44.6 Å². The van der Waals surface area contributed by atoms with Gasteiger partial charge in [-0.15, -0.1) is 5.10 Å². The molecule has 0 aliphatic rings. The number of hydrogen-bond donors (Lipinski definition) is 1. The van der Waals surface area contributed by atoms with E-state index in [-0.39, 0.29) is 11.9 Å². The van der Waals surface area contributed by atoms with Crippen molar-refractivity contribution in [2.75, 3.05) is 5.32 Å². The fourth-order valence-corrected chi connectivity index (χ4v) is 2.22. The Kier molecular flexibility index (Phi) is 4.11. The number of nitrogens with one attached hydrogen (secondary N) is 1. The van der Waals surface area contributed by atoms with Crippen molar-refractivity contribution >= 4 is 39.4 Å². The Bertz CT molecular complexity index is 648. The Morgan fingerprint density at radius 3 is 2.63 bits per heavy atom. The molecule has 98 valence electrons. The minimum Gasteiger partial charge on any atom is -0.289 e. The van der Waals surface area contributed by atoms with Crippen molar-refractivity contribution in [3.8, 4) is 0 Å². The first-order valence-electron chi connectivity index (χ1n) is 5.41. The van der Waals surface area contributed by atoms with Gasteiger partial charge in [-0.3, -0.25) is 10.1 Å². The predicted octanol–water partition coefficient (Wildman–Crippen LogP) is 3.16. The number of aryl methyl sites for hydroxylation is 2. The number of carbonyl (C=O) groups is 1. The largest absolute Gasteiger partial charge is 0.289 e. The molecule has 0 unspecified atom stereocenters. The van der Waals surface area contributed by atoms with Gasteiger partial charge in [0.05, 0.1) is 17.0 Å². The number of benzene rings is 1. The molecule has 1 heterocycles. The number of halogens is 2. The summed E-state index contributed by atoms with van der Waals surface area (Å²) in [5.41, 5.74) is 1.90. The van der Waals surface area contributed by atoms with Gasteiger partial charge in [0, 0.05) is 9.50 Å². The van der Waals surface area contributed by atoms with E-state index in [9.17, 15) is 4.79 Å². The van der Waals surface area contributed by atoms with E-state index in [2.05, 4.69) is 36.4 Å². The van der Waals surface area contributed by atoms with Crippen LogP contribution in [0.15, 0.2) is 22.7 Å². The Balaban J connectivity index is 2.23. The summed E-state index contributed by atoms with van der Waals surface area (Å²) in [7, 11) is 0. The molecule has 1 aromatic carbocycles. The lowest BCUT2D eigenvalue weighted by Crippen LogP contribution is -2.16. The number of aromatic nitrogens is 3. The van der Waals surface area contributed by atoms with Crippen molar-refractivity contribution in [1.29, 1.82) is 0 Å². The van der Waals surface area contributed by atoms with Crippen LogP contribution in [0.2, 0.25) is 5.02 Å². The third-order valence-electron chi connectivity index (χ3n) is 2.49. The number of amides is 1. The first-order valence-corrected chi connectivity index (χ1v) is 6.59. The van der Waals surface area contributed by atoms with E-state index in [0.29, 0.717) is 15.1 Å². The molecule has 19 heavy (non-hydrogen) atoms. The fraction of sp³-hybridized carbons (Fsp3) is 0.167. The Labute approximate surface area is 123 Å². The molecule has 0 atom stereocenters. The van der Waals surface area contributed by atoms with E-state index < -0.39 is 0 Å². The summed E-state index contributed by atoms with van der Waals surface area (Å²) < 4.78 is 0.606. The van der Waals surface area contributed by atoms with E-state index in [1.54, 1.807) is 32.0 Å². The van der Waals surface area contributed by atoms with Crippen molar-refractivity contribution in [1.82, 2.24) is 15.2 Å². The maximum absolute atomic E-state index is 12.1. The minimum atomic E-state index is -0.325. The molecule has 7 heteroatoms. The topological polar surface area (TPSA) is 67.8 Å². The lowest BCUT2D eigenvalue weighted by Gasteiger charge is -2.06. The zero-order valence-electron chi connectivity index (χ0n) is 10.2. The maximum Gasteiger partial charge on any atom is 0.259 e. The van der Waals surface area contributed by atoms with Crippen LogP contribution in [-0.4, -0.2) is 21.1 Å². The van der Waals surface area contributed by atoms with Crippen molar-refractivity contribution < 1.29 is 4.79 Å². The van der Waals surface area contributed by atoms with Gasteiger partial charge in [0.15, 0.2) is 0 Å². The van der Waals surface area contributed by atoms with Gasteiger partial charge in [0.25, 0.3) is 5.91 Å². The van der Waals surface area contributed by atoms with Gasteiger partial charge in [-0.1, -0.05) is 11.6 Å². The van der Waals surface area contributed by atoms with Crippen LogP contribution < -0.4 is 5.32 Å². The summed E-state index contributed by atoms with van der Waals surface area (Å²) in [6.45, 7) is 3.61. The summed E-state index contributed by atoms with van der Waals surface area (Å²) in [5.74, 6) is -0.149. The Morgan fingerprint density at radius 1 is 1.26 bits per heavy atom. The van der Waals surface area contributed by atoms with Crippen LogP contribution >= 0.6 is 27.5 Å². The predicted molar refractivity (Wildman–Crippen MR) is 76.4 cm³/mol. The molecule has 5 nitrogen and oxygen atoms in total. The molecule has 0 aliphatic carbocycles. The monoisotopic (exact) mass is 340 g/mol. The minimum absolute atomic E-state index is 0.176. The molecular weight excluding hydrogens is 332 g/mol. The van der Waals surface area contributed by atoms with Crippen LogP contribution in [0.1, 0.15) is 21.7 Å². The quantitative estimate of drug-likeness (QED) is 0.911. The molecule has 1 N–H and O–H groups in total. The molecule has 2 rings (SSSR count). The molecular formula is C12H10BrClN4O. The van der Waals surface area contributed by atoms with E-state index in [0.717, 1.165) is 11.4 Å².